The second kappa shape index (κ2) is 8.51. The molecular formula is C23H28N4. The van der Waals surface area contributed by atoms with Gasteiger partial charge in [-0.25, -0.2) is 0 Å². The van der Waals surface area contributed by atoms with Crippen LogP contribution in [0.2, 0.25) is 0 Å². The highest BCUT2D eigenvalue weighted by Crippen LogP contribution is 2.24. The summed E-state index contributed by atoms with van der Waals surface area (Å²) in [6.45, 7) is 4.24. The monoisotopic (exact) mass is 360 g/mol. The average molecular weight is 361 g/mol. The topological polar surface area (TPSA) is 35.2 Å². The van der Waals surface area contributed by atoms with Crippen molar-refractivity contribution in [3.63, 3.8) is 0 Å². The number of piperidine rings is 1. The van der Waals surface area contributed by atoms with Crippen LogP contribution in [0.1, 0.15) is 24.0 Å². The summed E-state index contributed by atoms with van der Waals surface area (Å²) in [4.78, 5) is 5.09. The van der Waals surface area contributed by atoms with Gasteiger partial charge in [0.25, 0.3) is 0 Å². The smallest absolute Gasteiger partial charge is 0.0695 e. The molecule has 4 heteroatoms. The Bertz CT molecular complexity index is 828. The minimum Gasteiger partial charge on any atom is -0.298 e. The number of benzene rings is 2. The van der Waals surface area contributed by atoms with Crippen molar-refractivity contribution in [3.8, 4) is 11.3 Å². The number of aromatic amines is 1. The van der Waals surface area contributed by atoms with Crippen LogP contribution in [0.15, 0.2) is 66.9 Å². The van der Waals surface area contributed by atoms with E-state index in [2.05, 4.69) is 87.7 Å². The first-order valence-electron chi connectivity index (χ1n) is 9.84. The Morgan fingerprint density at radius 3 is 2.59 bits per heavy atom. The summed E-state index contributed by atoms with van der Waals surface area (Å²) in [5.41, 5.74) is 5.03. The first kappa shape index (κ1) is 18.0. The van der Waals surface area contributed by atoms with Crippen molar-refractivity contribution in [3.05, 3.63) is 78.0 Å². The summed E-state index contributed by atoms with van der Waals surface area (Å²) in [7, 11) is 2.26. The summed E-state index contributed by atoms with van der Waals surface area (Å²) >= 11 is 0. The number of nitrogens with one attached hydrogen (secondary N) is 1. The molecule has 2 aromatic carbocycles. The van der Waals surface area contributed by atoms with E-state index < -0.39 is 0 Å². The van der Waals surface area contributed by atoms with E-state index in [1.54, 1.807) is 0 Å². The third kappa shape index (κ3) is 4.46. The second-order valence-corrected chi connectivity index (χ2v) is 7.57. The summed E-state index contributed by atoms with van der Waals surface area (Å²) < 4.78 is 0. The summed E-state index contributed by atoms with van der Waals surface area (Å²) in [6, 6.07) is 21.9. The zero-order valence-electron chi connectivity index (χ0n) is 16.0. The Labute approximate surface area is 161 Å². The highest BCUT2D eigenvalue weighted by Gasteiger charge is 2.24. The third-order valence-electron chi connectivity index (χ3n) is 5.55. The minimum absolute atomic E-state index is 0.603. The molecule has 1 N–H and O–H groups in total. The molecule has 0 radical (unpaired) electrons. The number of hydrogen-bond acceptors (Lipinski definition) is 3. The summed E-state index contributed by atoms with van der Waals surface area (Å²) in [6.07, 6.45) is 4.51. The van der Waals surface area contributed by atoms with Gasteiger partial charge in [-0.2, -0.15) is 5.10 Å². The van der Waals surface area contributed by atoms with Crippen LogP contribution < -0.4 is 0 Å². The predicted molar refractivity (Wildman–Crippen MR) is 110 cm³/mol. The van der Waals surface area contributed by atoms with Crippen LogP contribution in [0.3, 0.4) is 0 Å². The number of nitrogens with zero attached hydrogens (tertiary/aromatic N) is 3. The first-order valence-corrected chi connectivity index (χ1v) is 9.84. The summed E-state index contributed by atoms with van der Waals surface area (Å²) in [5.74, 6) is 0. The number of hydrogen-bond donors (Lipinski definition) is 1. The predicted octanol–water partition coefficient (Wildman–Crippen LogP) is 4.17. The Balaban J connectivity index is 1.40. The van der Waals surface area contributed by atoms with Crippen molar-refractivity contribution in [1.29, 1.82) is 0 Å². The van der Waals surface area contributed by atoms with Gasteiger partial charge in [0.2, 0.25) is 0 Å². The van der Waals surface area contributed by atoms with Crippen molar-refractivity contribution in [1.82, 2.24) is 20.0 Å². The molecule has 1 atom stereocenters. The number of H-pyrrole nitrogens is 1. The van der Waals surface area contributed by atoms with Crippen molar-refractivity contribution < 1.29 is 0 Å². The molecule has 1 saturated heterocycles. The van der Waals surface area contributed by atoms with Crippen molar-refractivity contribution in [2.45, 2.75) is 32.0 Å². The molecule has 2 heterocycles. The van der Waals surface area contributed by atoms with E-state index in [0.717, 1.165) is 31.9 Å². The second-order valence-electron chi connectivity index (χ2n) is 7.57. The summed E-state index contributed by atoms with van der Waals surface area (Å²) in [5, 5.41) is 7.50. The lowest BCUT2D eigenvalue weighted by atomic mass is 10.0. The van der Waals surface area contributed by atoms with Crippen LogP contribution in [0.25, 0.3) is 11.3 Å². The van der Waals surface area contributed by atoms with Gasteiger partial charge in [-0.3, -0.25) is 14.9 Å². The molecule has 3 aromatic rings. The van der Waals surface area contributed by atoms with E-state index in [1.807, 2.05) is 6.20 Å². The van der Waals surface area contributed by atoms with Gasteiger partial charge in [0.05, 0.1) is 11.9 Å². The van der Waals surface area contributed by atoms with Crippen molar-refractivity contribution in [2.24, 2.45) is 0 Å². The van der Waals surface area contributed by atoms with Gasteiger partial charge in [0.1, 0.15) is 0 Å². The number of aromatic nitrogens is 2. The SMILES string of the molecule is CN(Cc1ccccc1)[C@H]1CCCN(Cc2cn[nH]c2-c2ccccc2)C1. The molecule has 0 saturated carbocycles. The van der Waals surface area contributed by atoms with Crippen molar-refractivity contribution >= 4 is 0 Å². The largest absolute Gasteiger partial charge is 0.298 e. The fourth-order valence-electron chi connectivity index (χ4n) is 4.06. The van der Waals surface area contributed by atoms with Crippen LogP contribution >= 0.6 is 0 Å². The van der Waals surface area contributed by atoms with Gasteiger partial charge in [-0.05, 0) is 37.6 Å². The molecular weight excluding hydrogens is 332 g/mol. The maximum atomic E-state index is 4.31. The average Bonchev–Trinajstić information content (AvgIpc) is 3.18. The minimum atomic E-state index is 0.603. The van der Waals surface area contributed by atoms with Gasteiger partial charge < -0.3 is 0 Å². The third-order valence-corrected chi connectivity index (χ3v) is 5.55. The zero-order chi connectivity index (χ0) is 18.5. The number of rotatable bonds is 6. The molecule has 27 heavy (non-hydrogen) atoms. The van der Waals surface area contributed by atoms with E-state index in [0.29, 0.717) is 6.04 Å². The van der Waals surface area contributed by atoms with E-state index in [9.17, 15) is 0 Å². The normalized spacial score (nSPS) is 18.1. The molecule has 140 valence electrons. The Morgan fingerprint density at radius 1 is 1.07 bits per heavy atom. The van der Waals surface area contributed by atoms with Crippen LogP contribution in [0, 0.1) is 0 Å². The Hall–Kier alpha value is -2.43. The maximum Gasteiger partial charge on any atom is 0.0695 e. The van der Waals surface area contributed by atoms with Crippen LogP contribution in [-0.4, -0.2) is 46.2 Å². The van der Waals surface area contributed by atoms with Crippen LogP contribution in [0.5, 0.6) is 0 Å². The number of likely N-dealkylation sites (tertiary alicyclic amines) is 1. The van der Waals surface area contributed by atoms with Crippen LogP contribution in [0.4, 0.5) is 0 Å². The fraction of sp³-hybridized carbons (Fsp3) is 0.348. The van der Waals surface area contributed by atoms with Gasteiger partial charge >= 0.3 is 0 Å². The van der Waals surface area contributed by atoms with E-state index in [-0.39, 0.29) is 0 Å². The highest BCUT2D eigenvalue weighted by atomic mass is 15.2. The molecule has 0 unspecified atom stereocenters. The molecule has 1 aromatic heterocycles. The van der Waals surface area contributed by atoms with Crippen molar-refractivity contribution in [2.75, 3.05) is 20.1 Å². The van der Waals surface area contributed by atoms with E-state index >= 15 is 0 Å². The molecule has 1 aliphatic rings. The van der Waals surface area contributed by atoms with Gasteiger partial charge in [0.15, 0.2) is 0 Å². The highest BCUT2D eigenvalue weighted by molar-refractivity contribution is 5.62. The maximum absolute atomic E-state index is 4.31. The van der Waals surface area contributed by atoms with Gasteiger partial charge in [-0.1, -0.05) is 60.7 Å². The standard InChI is InChI=1S/C23H28N4/c1-26(16-19-9-4-2-5-10-19)22-13-8-14-27(18-22)17-21-15-24-25-23(21)20-11-6-3-7-12-20/h2-7,9-12,15,22H,8,13-14,16-18H2,1H3,(H,24,25)/t22-/m0/s1. The lowest BCUT2D eigenvalue weighted by Gasteiger charge is -2.37. The van der Waals surface area contributed by atoms with Crippen LogP contribution in [-0.2, 0) is 13.1 Å². The van der Waals surface area contributed by atoms with Gasteiger partial charge in [0, 0.05) is 31.2 Å². The van der Waals surface area contributed by atoms with E-state index in [4.69, 9.17) is 0 Å². The molecule has 4 nitrogen and oxygen atoms in total. The quantitative estimate of drug-likeness (QED) is 0.716. The molecule has 0 spiro atoms. The number of likely N-dealkylation sites (N-methyl/N-ethyl adjacent to an activating group) is 1. The fourth-order valence-corrected chi connectivity index (χ4v) is 4.06. The van der Waals surface area contributed by atoms with Gasteiger partial charge in [-0.15, -0.1) is 0 Å². The zero-order valence-corrected chi connectivity index (χ0v) is 16.0. The molecule has 0 aliphatic carbocycles. The molecule has 1 aliphatic heterocycles. The van der Waals surface area contributed by atoms with E-state index in [1.165, 1.54) is 29.5 Å². The molecule has 1 fully saturated rings. The lowest BCUT2D eigenvalue weighted by molar-refractivity contribution is 0.107. The Kier molecular flexibility index (Phi) is 5.66. The molecule has 4 rings (SSSR count). The molecule has 0 amide bonds. The Morgan fingerprint density at radius 2 is 1.81 bits per heavy atom. The first-order chi connectivity index (χ1) is 13.3. The lowest BCUT2D eigenvalue weighted by Crippen LogP contribution is -2.45. The molecule has 0 bridgehead atoms.